The highest BCUT2D eigenvalue weighted by molar-refractivity contribution is 5.87. The zero-order valence-electron chi connectivity index (χ0n) is 5.56. The second-order valence-corrected chi connectivity index (χ2v) is 2.29. The molecule has 0 amide bonds. The minimum absolute atomic E-state index is 0.0995. The molecule has 0 radical (unpaired) electrons. The first-order valence-electron chi connectivity index (χ1n) is 2.52. The molecule has 0 atom stereocenters. The van der Waals surface area contributed by atoms with Crippen molar-refractivity contribution in [2.45, 2.75) is 19.4 Å². The minimum Gasteiger partial charge on any atom is -0.431 e. The third-order valence-corrected chi connectivity index (χ3v) is 0.762. The van der Waals surface area contributed by atoms with Crippen LogP contribution in [0.15, 0.2) is 0 Å². The van der Waals surface area contributed by atoms with Crippen molar-refractivity contribution in [2.75, 3.05) is 0 Å². The zero-order chi connectivity index (χ0) is 7.49. The Balaban J connectivity index is 3.88. The molecule has 9 heavy (non-hydrogen) atoms. The van der Waals surface area contributed by atoms with Crippen molar-refractivity contribution >= 4 is 12.3 Å². The van der Waals surface area contributed by atoms with E-state index in [2.05, 4.69) is 4.74 Å². The van der Waals surface area contributed by atoms with Gasteiger partial charge in [-0.05, 0) is 13.8 Å². The molecule has 4 nitrogen and oxygen atoms in total. The van der Waals surface area contributed by atoms with Gasteiger partial charge < -0.3 is 10.5 Å². The van der Waals surface area contributed by atoms with Crippen LogP contribution in [-0.2, 0) is 4.74 Å². The van der Waals surface area contributed by atoms with Crippen molar-refractivity contribution in [3.8, 4) is 0 Å². The molecule has 52 valence electrons. The molecule has 0 aliphatic rings. The summed E-state index contributed by atoms with van der Waals surface area (Å²) in [6, 6.07) is 0. The van der Waals surface area contributed by atoms with Crippen molar-refractivity contribution in [3.63, 3.8) is 0 Å². The summed E-state index contributed by atoms with van der Waals surface area (Å²) in [6.07, 6.45) is 0.691. The number of nitrogens with one attached hydrogen (secondary N) is 2. The van der Waals surface area contributed by atoms with Gasteiger partial charge in [0.1, 0.15) is 0 Å². The average Bonchev–Trinajstić information content (AvgIpc) is 1.64. The van der Waals surface area contributed by atoms with Gasteiger partial charge in [0.2, 0.25) is 5.90 Å². The summed E-state index contributed by atoms with van der Waals surface area (Å²) < 4.78 is 4.41. The van der Waals surface area contributed by atoms with Crippen LogP contribution in [0.4, 0.5) is 0 Å². The molecule has 0 aromatic rings. The van der Waals surface area contributed by atoms with Gasteiger partial charge in [-0.3, -0.25) is 10.8 Å². The fourth-order valence-corrected chi connectivity index (χ4v) is 0.211. The van der Waals surface area contributed by atoms with E-state index in [1.54, 1.807) is 13.8 Å². The third-order valence-electron chi connectivity index (χ3n) is 0.762. The largest absolute Gasteiger partial charge is 0.431 e. The fraction of sp³-hybridized carbons (Fsp3) is 0.600. The smallest absolute Gasteiger partial charge is 0.208 e. The van der Waals surface area contributed by atoms with Gasteiger partial charge in [0.05, 0.1) is 5.54 Å². The number of rotatable bonds is 2. The van der Waals surface area contributed by atoms with Crippen LogP contribution >= 0.6 is 0 Å². The van der Waals surface area contributed by atoms with Crippen LogP contribution in [0.25, 0.3) is 0 Å². The highest BCUT2D eigenvalue weighted by Gasteiger charge is 2.18. The van der Waals surface area contributed by atoms with E-state index in [4.69, 9.17) is 16.6 Å². The molecule has 0 unspecified atom stereocenters. The van der Waals surface area contributed by atoms with Crippen LogP contribution in [0.5, 0.6) is 0 Å². The standard InChI is InChI=1S/C5H11N3O/c1-5(2,8)4(7)9-3-6/h3,6-7H,8H2,1-2H3. The molecule has 0 saturated heterocycles. The van der Waals surface area contributed by atoms with Gasteiger partial charge in [-0.25, -0.2) is 0 Å². The second kappa shape index (κ2) is 2.59. The number of nitrogens with two attached hydrogens (primary N) is 1. The number of hydrogen-bond donors (Lipinski definition) is 3. The quantitative estimate of drug-likeness (QED) is 0.370. The van der Waals surface area contributed by atoms with Crippen LogP contribution < -0.4 is 5.73 Å². The van der Waals surface area contributed by atoms with E-state index in [0.717, 1.165) is 0 Å². The lowest BCUT2D eigenvalue weighted by Gasteiger charge is -2.16. The van der Waals surface area contributed by atoms with E-state index in [1.807, 2.05) is 0 Å². The Bertz CT molecular complexity index is 125. The van der Waals surface area contributed by atoms with E-state index in [-0.39, 0.29) is 5.90 Å². The maximum Gasteiger partial charge on any atom is 0.208 e. The first-order valence-corrected chi connectivity index (χ1v) is 2.52. The SMILES string of the molecule is CC(C)(N)C(=N)OC=N. The Morgan fingerprint density at radius 1 is 1.67 bits per heavy atom. The van der Waals surface area contributed by atoms with Crippen molar-refractivity contribution in [2.24, 2.45) is 5.73 Å². The first-order chi connectivity index (χ1) is 3.98. The molecular weight excluding hydrogens is 118 g/mol. The normalized spacial score (nSPS) is 10.6. The molecule has 4 heteroatoms. The van der Waals surface area contributed by atoms with Gasteiger partial charge in [-0.15, -0.1) is 0 Å². The third kappa shape index (κ3) is 2.81. The predicted octanol–water partition coefficient (Wildman–Crippen LogP) is 0.325. The van der Waals surface area contributed by atoms with Crippen molar-refractivity contribution in [1.82, 2.24) is 0 Å². The maximum absolute atomic E-state index is 7.04. The van der Waals surface area contributed by atoms with Gasteiger partial charge >= 0.3 is 0 Å². The van der Waals surface area contributed by atoms with Gasteiger partial charge in [0, 0.05) is 0 Å². The predicted molar refractivity (Wildman–Crippen MR) is 35.9 cm³/mol. The maximum atomic E-state index is 7.04. The molecule has 0 spiro atoms. The average molecular weight is 129 g/mol. The minimum atomic E-state index is -0.780. The number of ether oxygens (including phenoxy) is 1. The lowest BCUT2D eigenvalue weighted by molar-refractivity contribution is 0.477. The topological polar surface area (TPSA) is 83.0 Å². The van der Waals surface area contributed by atoms with Crippen LogP contribution in [0, 0.1) is 10.8 Å². The van der Waals surface area contributed by atoms with Crippen LogP contribution in [0.1, 0.15) is 13.8 Å². The number of hydrogen-bond acceptors (Lipinski definition) is 4. The van der Waals surface area contributed by atoms with Crippen LogP contribution in [-0.4, -0.2) is 17.8 Å². The summed E-state index contributed by atoms with van der Waals surface area (Å²) in [4.78, 5) is 0. The Hall–Kier alpha value is -0.900. The van der Waals surface area contributed by atoms with E-state index >= 15 is 0 Å². The molecule has 0 heterocycles. The molecule has 0 fully saturated rings. The van der Waals surface area contributed by atoms with Crippen LogP contribution in [0.2, 0.25) is 0 Å². The molecule has 0 aliphatic carbocycles. The molecule has 4 N–H and O–H groups in total. The highest BCUT2D eigenvalue weighted by Crippen LogP contribution is 1.98. The summed E-state index contributed by atoms with van der Waals surface area (Å²) in [6.45, 7) is 3.28. The van der Waals surface area contributed by atoms with E-state index in [1.165, 1.54) is 0 Å². The van der Waals surface area contributed by atoms with Crippen molar-refractivity contribution < 1.29 is 4.74 Å². The lowest BCUT2D eigenvalue weighted by Crippen LogP contribution is -2.42. The fourth-order valence-electron chi connectivity index (χ4n) is 0.211. The summed E-state index contributed by atoms with van der Waals surface area (Å²) in [5.74, 6) is -0.0995. The molecule has 0 bridgehead atoms. The van der Waals surface area contributed by atoms with Crippen molar-refractivity contribution in [1.29, 1.82) is 10.8 Å². The molecule has 0 aliphatic heterocycles. The van der Waals surface area contributed by atoms with Gasteiger partial charge in [0.15, 0.2) is 6.40 Å². The Labute approximate surface area is 54.0 Å². The van der Waals surface area contributed by atoms with E-state index in [0.29, 0.717) is 6.40 Å². The Morgan fingerprint density at radius 2 is 2.11 bits per heavy atom. The Kier molecular flexibility index (Phi) is 2.33. The molecule has 0 aromatic heterocycles. The monoisotopic (exact) mass is 129 g/mol. The summed E-state index contributed by atoms with van der Waals surface area (Å²) in [5, 5.41) is 13.5. The van der Waals surface area contributed by atoms with E-state index in [9.17, 15) is 0 Å². The molecule has 0 rings (SSSR count). The van der Waals surface area contributed by atoms with Gasteiger partial charge in [-0.2, -0.15) is 0 Å². The molecule has 0 saturated carbocycles. The summed E-state index contributed by atoms with van der Waals surface area (Å²) in [7, 11) is 0. The zero-order valence-corrected chi connectivity index (χ0v) is 5.56. The van der Waals surface area contributed by atoms with E-state index < -0.39 is 5.54 Å². The van der Waals surface area contributed by atoms with Gasteiger partial charge in [-0.1, -0.05) is 0 Å². The van der Waals surface area contributed by atoms with Crippen LogP contribution in [0.3, 0.4) is 0 Å². The lowest BCUT2D eigenvalue weighted by atomic mass is 10.1. The highest BCUT2D eigenvalue weighted by atomic mass is 16.5. The molecular formula is C5H11N3O. The summed E-state index contributed by atoms with van der Waals surface area (Å²) in [5.41, 5.74) is 4.63. The van der Waals surface area contributed by atoms with Gasteiger partial charge in [0.25, 0.3) is 0 Å². The summed E-state index contributed by atoms with van der Waals surface area (Å²) >= 11 is 0. The second-order valence-electron chi connectivity index (χ2n) is 2.29. The Morgan fingerprint density at radius 3 is 2.22 bits per heavy atom. The first kappa shape index (κ1) is 8.10. The molecule has 0 aromatic carbocycles. The van der Waals surface area contributed by atoms with Crippen molar-refractivity contribution in [3.05, 3.63) is 0 Å².